The molecule has 0 aliphatic heterocycles. The van der Waals surface area contributed by atoms with Gasteiger partial charge in [0.05, 0.1) is 11.7 Å². The number of amides is 1. The number of benzene rings is 1. The highest BCUT2D eigenvalue weighted by Gasteiger charge is 2.14. The van der Waals surface area contributed by atoms with E-state index < -0.39 is 30.1 Å². The summed E-state index contributed by atoms with van der Waals surface area (Å²) in [6, 6.07) is 2.06. The zero-order chi connectivity index (χ0) is 13.0. The van der Waals surface area contributed by atoms with Gasteiger partial charge in [0.2, 0.25) is 5.91 Å². The van der Waals surface area contributed by atoms with Crippen LogP contribution in [0, 0.1) is 5.82 Å². The number of carbonyl (C=O) groups excluding carboxylic acids is 1. The highest BCUT2D eigenvalue weighted by atomic mass is 19.3. The number of nitrogens with two attached hydrogens (primary N) is 1. The van der Waals surface area contributed by atoms with Crippen molar-refractivity contribution < 1.29 is 22.7 Å². The topological polar surface area (TPSA) is 64.4 Å². The van der Waals surface area contributed by atoms with Gasteiger partial charge in [0, 0.05) is 6.07 Å². The number of anilines is 1. The summed E-state index contributed by atoms with van der Waals surface area (Å²) in [6.45, 7) is -1.69. The van der Waals surface area contributed by atoms with Gasteiger partial charge in [0.25, 0.3) is 0 Å². The Kier molecular flexibility index (Phi) is 4.33. The van der Waals surface area contributed by atoms with Gasteiger partial charge in [-0.2, -0.15) is 8.78 Å². The standard InChI is InChI=1S/C10H11F3N2O2/c1-5(14)9(16)15-7-3-2-6(11)4-8(7)17-10(12)13/h2-5,10H,14H2,1H3,(H,15,16)/t5-/m0/s1. The molecule has 1 rings (SSSR count). The molecule has 0 heterocycles. The highest BCUT2D eigenvalue weighted by Crippen LogP contribution is 2.27. The first kappa shape index (κ1) is 13.3. The van der Waals surface area contributed by atoms with Gasteiger partial charge in [0.15, 0.2) is 5.75 Å². The van der Waals surface area contributed by atoms with Crippen molar-refractivity contribution in [1.82, 2.24) is 0 Å². The molecule has 0 bridgehead atoms. The van der Waals surface area contributed by atoms with Crippen molar-refractivity contribution in [2.24, 2.45) is 5.73 Å². The summed E-state index contributed by atoms with van der Waals surface area (Å²) in [4.78, 5) is 11.3. The minimum Gasteiger partial charge on any atom is -0.432 e. The molecule has 1 atom stereocenters. The van der Waals surface area contributed by atoms with Gasteiger partial charge in [-0.25, -0.2) is 4.39 Å². The number of carbonyl (C=O) groups is 1. The van der Waals surface area contributed by atoms with E-state index in [0.29, 0.717) is 0 Å². The Bertz CT molecular complexity index is 411. The zero-order valence-corrected chi connectivity index (χ0v) is 8.91. The lowest BCUT2D eigenvalue weighted by molar-refractivity contribution is -0.117. The maximum Gasteiger partial charge on any atom is 0.387 e. The number of hydrogen-bond donors (Lipinski definition) is 2. The molecule has 0 aliphatic rings. The maximum absolute atomic E-state index is 12.8. The van der Waals surface area contributed by atoms with Crippen LogP contribution in [0.25, 0.3) is 0 Å². The van der Waals surface area contributed by atoms with Gasteiger partial charge in [-0.05, 0) is 19.1 Å². The molecule has 1 aromatic rings. The van der Waals surface area contributed by atoms with E-state index in [2.05, 4.69) is 10.1 Å². The molecule has 4 nitrogen and oxygen atoms in total. The van der Waals surface area contributed by atoms with E-state index >= 15 is 0 Å². The summed E-state index contributed by atoms with van der Waals surface area (Å²) in [6.07, 6.45) is 0. The largest absolute Gasteiger partial charge is 0.432 e. The maximum atomic E-state index is 12.8. The number of ether oxygens (including phenoxy) is 1. The minimum atomic E-state index is -3.11. The van der Waals surface area contributed by atoms with Gasteiger partial charge in [-0.15, -0.1) is 0 Å². The van der Waals surface area contributed by atoms with Crippen molar-refractivity contribution in [2.75, 3.05) is 5.32 Å². The second-order valence-corrected chi connectivity index (χ2v) is 3.30. The van der Waals surface area contributed by atoms with Crippen molar-refractivity contribution in [3.63, 3.8) is 0 Å². The van der Waals surface area contributed by atoms with Crippen molar-refractivity contribution in [3.8, 4) is 5.75 Å². The fourth-order valence-electron chi connectivity index (χ4n) is 1.04. The number of hydrogen-bond acceptors (Lipinski definition) is 3. The molecule has 0 unspecified atom stereocenters. The first-order valence-corrected chi connectivity index (χ1v) is 4.71. The predicted octanol–water partition coefficient (Wildman–Crippen LogP) is 1.71. The summed E-state index contributed by atoms with van der Waals surface area (Å²) in [5.74, 6) is -1.79. The third-order valence-corrected chi connectivity index (χ3v) is 1.83. The van der Waals surface area contributed by atoms with Gasteiger partial charge >= 0.3 is 6.61 Å². The van der Waals surface area contributed by atoms with E-state index in [1.165, 1.54) is 6.92 Å². The molecule has 0 radical (unpaired) electrons. The predicted molar refractivity (Wildman–Crippen MR) is 55.3 cm³/mol. The van der Waals surface area contributed by atoms with Gasteiger partial charge in [-0.3, -0.25) is 4.79 Å². The lowest BCUT2D eigenvalue weighted by Gasteiger charge is -2.13. The molecule has 0 aromatic heterocycles. The van der Waals surface area contributed by atoms with E-state index in [0.717, 1.165) is 18.2 Å². The Morgan fingerprint density at radius 1 is 1.47 bits per heavy atom. The van der Waals surface area contributed by atoms with Crippen LogP contribution >= 0.6 is 0 Å². The quantitative estimate of drug-likeness (QED) is 0.852. The molecule has 0 fully saturated rings. The van der Waals surface area contributed by atoms with Crippen LogP contribution < -0.4 is 15.8 Å². The molecule has 17 heavy (non-hydrogen) atoms. The number of nitrogens with one attached hydrogen (secondary N) is 1. The van der Waals surface area contributed by atoms with Gasteiger partial charge < -0.3 is 15.8 Å². The van der Waals surface area contributed by atoms with Crippen LogP contribution in [-0.2, 0) is 4.79 Å². The molecule has 0 saturated heterocycles. The summed E-state index contributed by atoms with van der Waals surface area (Å²) in [5, 5.41) is 2.25. The van der Waals surface area contributed by atoms with Crippen LogP contribution in [0.5, 0.6) is 5.75 Å². The Hall–Kier alpha value is -1.76. The Balaban J connectivity index is 2.93. The van der Waals surface area contributed by atoms with E-state index in [1.54, 1.807) is 0 Å². The molecular weight excluding hydrogens is 237 g/mol. The monoisotopic (exact) mass is 248 g/mol. The smallest absolute Gasteiger partial charge is 0.387 e. The van der Waals surface area contributed by atoms with Crippen LogP contribution in [0.2, 0.25) is 0 Å². The highest BCUT2D eigenvalue weighted by molar-refractivity contribution is 5.95. The van der Waals surface area contributed by atoms with Crippen molar-refractivity contribution in [2.45, 2.75) is 19.6 Å². The van der Waals surface area contributed by atoms with Gasteiger partial charge in [0.1, 0.15) is 5.82 Å². The molecule has 0 spiro atoms. The molecule has 3 N–H and O–H groups in total. The summed E-state index contributed by atoms with van der Waals surface area (Å²) in [7, 11) is 0. The number of rotatable bonds is 4. The molecule has 94 valence electrons. The van der Waals surface area contributed by atoms with Gasteiger partial charge in [-0.1, -0.05) is 0 Å². The van der Waals surface area contributed by atoms with E-state index in [9.17, 15) is 18.0 Å². The normalized spacial score (nSPS) is 12.4. The molecule has 0 aliphatic carbocycles. The Morgan fingerprint density at radius 2 is 2.12 bits per heavy atom. The summed E-state index contributed by atoms with van der Waals surface area (Å²) < 4.78 is 41.0. The average molecular weight is 248 g/mol. The lowest BCUT2D eigenvalue weighted by Crippen LogP contribution is -2.32. The van der Waals surface area contributed by atoms with Crippen LogP contribution in [-0.4, -0.2) is 18.6 Å². The van der Waals surface area contributed by atoms with Crippen LogP contribution in [0.3, 0.4) is 0 Å². The Labute approximate surface area is 95.6 Å². The first-order valence-electron chi connectivity index (χ1n) is 4.71. The second kappa shape index (κ2) is 5.53. The fourth-order valence-corrected chi connectivity index (χ4v) is 1.04. The summed E-state index contributed by atoms with van der Waals surface area (Å²) in [5.41, 5.74) is 5.23. The number of alkyl halides is 2. The molecule has 1 amide bonds. The Morgan fingerprint density at radius 3 is 2.65 bits per heavy atom. The number of halogens is 3. The molecular formula is C10H11F3N2O2. The van der Waals surface area contributed by atoms with E-state index in [4.69, 9.17) is 5.73 Å². The van der Waals surface area contributed by atoms with Crippen LogP contribution in [0.15, 0.2) is 18.2 Å². The molecule has 7 heteroatoms. The molecule has 0 saturated carbocycles. The second-order valence-electron chi connectivity index (χ2n) is 3.30. The lowest BCUT2D eigenvalue weighted by atomic mass is 10.2. The third kappa shape index (κ3) is 3.95. The third-order valence-electron chi connectivity index (χ3n) is 1.83. The molecule has 1 aromatic carbocycles. The van der Waals surface area contributed by atoms with Crippen LogP contribution in [0.1, 0.15) is 6.92 Å². The summed E-state index contributed by atoms with van der Waals surface area (Å²) >= 11 is 0. The van der Waals surface area contributed by atoms with Crippen molar-refractivity contribution in [3.05, 3.63) is 24.0 Å². The fraction of sp³-hybridized carbons (Fsp3) is 0.300. The minimum absolute atomic E-state index is 0.0611. The van der Waals surface area contributed by atoms with Crippen molar-refractivity contribution in [1.29, 1.82) is 0 Å². The SMILES string of the molecule is C[C@H](N)C(=O)Nc1ccc(F)cc1OC(F)F. The zero-order valence-electron chi connectivity index (χ0n) is 8.91. The van der Waals surface area contributed by atoms with Crippen molar-refractivity contribution >= 4 is 11.6 Å². The average Bonchev–Trinajstić information content (AvgIpc) is 2.20. The van der Waals surface area contributed by atoms with E-state index in [1.807, 2.05) is 0 Å². The van der Waals surface area contributed by atoms with E-state index in [-0.39, 0.29) is 5.69 Å². The van der Waals surface area contributed by atoms with Crippen LogP contribution in [0.4, 0.5) is 18.9 Å². The first-order chi connectivity index (χ1) is 7.90.